The average molecular weight is 310 g/mol. The zero-order valence-corrected chi connectivity index (χ0v) is 11.8. The summed E-state index contributed by atoms with van der Waals surface area (Å²) >= 11 is 0. The van der Waals surface area contributed by atoms with Crippen LogP contribution in [0.15, 0.2) is 23.1 Å². The SMILES string of the molecule is CCc1ccc(CN)cc1S(=O)(=O)NCCC(F)(F)F. The van der Waals surface area contributed by atoms with Crippen LogP contribution in [0.3, 0.4) is 0 Å². The molecule has 1 rings (SSSR count). The minimum atomic E-state index is -4.39. The molecule has 114 valence electrons. The molecule has 1 aromatic carbocycles. The highest BCUT2D eigenvalue weighted by Gasteiger charge is 2.28. The topological polar surface area (TPSA) is 72.2 Å². The third kappa shape index (κ3) is 4.77. The van der Waals surface area contributed by atoms with E-state index in [1.54, 1.807) is 19.1 Å². The Kier molecular flexibility index (Phi) is 5.55. The van der Waals surface area contributed by atoms with Crippen molar-refractivity contribution in [1.82, 2.24) is 4.72 Å². The summed E-state index contributed by atoms with van der Waals surface area (Å²) in [6.07, 6.45) is -5.14. The number of halogens is 3. The summed E-state index contributed by atoms with van der Waals surface area (Å²) in [4.78, 5) is -0.00914. The summed E-state index contributed by atoms with van der Waals surface area (Å²) in [5.41, 5.74) is 6.60. The third-order valence-corrected chi connectivity index (χ3v) is 4.28. The minimum absolute atomic E-state index is 0.00914. The van der Waals surface area contributed by atoms with Gasteiger partial charge in [0.1, 0.15) is 0 Å². The predicted molar refractivity (Wildman–Crippen MR) is 69.6 cm³/mol. The number of alkyl halides is 3. The van der Waals surface area contributed by atoms with Crippen LogP contribution in [0.1, 0.15) is 24.5 Å². The molecule has 0 bridgehead atoms. The Balaban J connectivity index is 2.96. The fourth-order valence-electron chi connectivity index (χ4n) is 1.67. The van der Waals surface area contributed by atoms with Crippen LogP contribution in [-0.2, 0) is 23.0 Å². The van der Waals surface area contributed by atoms with Crippen LogP contribution in [-0.4, -0.2) is 21.1 Å². The van der Waals surface area contributed by atoms with Crippen molar-refractivity contribution in [2.24, 2.45) is 5.73 Å². The van der Waals surface area contributed by atoms with Gasteiger partial charge in [-0.3, -0.25) is 0 Å². The van der Waals surface area contributed by atoms with Crippen LogP contribution in [0.25, 0.3) is 0 Å². The molecule has 0 saturated carbocycles. The van der Waals surface area contributed by atoms with Crippen molar-refractivity contribution in [3.05, 3.63) is 29.3 Å². The molecule has 8 heteroatoms. The molecule has 0 radical (unpaired) electrons. The van der Waals surface area contributed by atoms with E-state index in [9.17, 15) is 21.6 Å². The molecule has 0 amide bonds. The first-order valence-electron chi connectivity index (χ1n) is 6.08. The highest BCUT2D eigenvalue weighted by molar-refractivity contribution is 7.89. The fourth-order valence-corrected chi connectivity index (χ4v) is 3.06. The molecule has 0 atom stereocenters. The van der Waals surface area contributed by atoms with Gasteiger partial charge < -0.3 is 5.73 Å². The van der Waals surface area contributed by atoms with Crippen LogP contribution < -0.4 is 10.5 Å². The van der Waals surface area contributed by atoms with Gasteiger partial charge in [0.15, 0.2) is 0 Å². The lowest BCUT2D eigenvalue weighted by Crippen LogP contribution is -2.29. The Bertz CT molecular complexity index is 556. The largest absolute Gasteiger partial charge is 0.390 e. The summed E-state index contributed by atoms with van der Waals surface area (Å²) in [6.45, 7) is 1.25. The average Bonchev–Trinajstić information content (AvgIpc) is 2.36. The molecule has 1 aromatic rings. The maximum absolute atomic E-state index is 12.0. The van der Waals surface area contributed by atoms with Gasteiger partial charge in [-0.05, 0) is 23.6 Å². The number of hydrogen-bond acceptors (Lipinski definition) is 3. The Morgan fingerprint density at radius 2 is 1.95 bits per heavy atom. The lowest BCUT2D eigenvalue weighted by molar-refractivity contribution is -0.132. The highest BCUT2D eigenvalue weighted by Crippen LogP contribution is 2.21. The van der Waals surface area contributed by atoms with Gasteiger partial charge in [-0.25, -0.2) is 13.1 Å². The van der Waals surface area contributed by atoms with Gasteiger partial charge in [0.25, 0.3) is 0 Å². The van der Waals surface area contributed by atoms with E-state index in [0.717, 1.165) is 0 Å². The number of rotatable bonds is 6. The fraction of sp³-hybridized carbons (Fsp3) is 0.500. The molecular formula is C12H17F3N2O2S. The zero-order chi connectivity index (χ0) is 15.4. The molecule has 0 aliphatic carbocycles. The normalized spacial score (nSPS) is 12.7. The second-order valence-corrected chi connectivity index (χ2v) is 6.00. The molecule has 0 unspecified atom stereocenters. The minimum Gasteiger partial charge on any atom is -0.326 e. The molecule has 0 fully saturated rings. The smallest absolute Gasteiger partial charge is 0.326 e. The van der Waals surface area contributed by atoms with Crippen molar-refractivity contribution in [3.63, 3.8) is 0 Å². The third-order valence-electron chi connectivity index (χ3n) is 2.74. The van der Waals surface area contributed by atoms with E-state index in [1.807, 2.05) is 4.72 Å². The Hall–Kier alpha value is -1.12. The van der Waals surface area contributed by atoms with Gasteiger partial charge >= 0.3 is 6.18 Å². The van der Waals surface area contributed by atoms with Gasteiger partial charge in [-0.2, -0.15) is 13.2 Å². The van der Waals surface area contributed by atoms with E-state index in [4.69, 9.17) is 5.73 Å². The lowest BCUT2D eigenvalue weighted by atomic mass is 10.1. The van der Waals surface area contributed by atoms with Crippen LogP contribution >= 0.6 is 0 Å². The van der Waals surface area contributed by atoms with Crippen LogP contribution in [0.5, 0.6) is 0 Å². The summed E-state index contributed by atoms with van der Waals surface area (Å²) in [5, 5.41) is 0. The maximum Gasteiger partial charge on any atom is 0.390 e. The summed E-state index contributed by atoms with van der Waals surface area (Å²) in [7, 11) is -3.96. The summed E-state index contributed by atoms with van der Waals surface area (Å²) < 4.78 is 62.2. The van der Waals surface area contributed by atoms with Crippen molar-refractivity contribution in [2.45, 2.75) is 37.4 Å². The molecule has 0 spiro atoms. The van der Waals surface area contributed by atoms with Gasteiger partial charge in [0.2, 0.25) is 10.0 Å². The maximum atomic E-state index is 12.0. The number of nitrogens with one attached hydrogen (secondary N) is 1. The Labute approximate surface area is 116 Å². The van der Waals surface area contributed by atoms with E-state index in [1.165, 1.54) is 6.07 Å². The number of benzene rings is 1. The molecule has 3 N–H and O–H groups in total. The molecule has 0 saturated heterocycles. The monoisotopic (exact) mass is 310 g/mol. The second kappa shape index (κ2) is 6.55. The molecule has 4 nitrogen and oxygen atoms in total. The van der Waals surface area contributed by atoms with Gasteiger partial charge in [-0.1, -0.05) is 19.1 Å². The van der Waals surface area contributed by atoms with E-state index < -0.39 is 29.2 Å². The van der Waals surface area contributed by atoms with Gasteiger partial charge in [-0.15, -0.1) is 0 Å². The van der Waals surface area contributed by atoms with Crippen molar-refractivity contribution >= 4 is 10.0 Å². The van der Waals surface area contributed by atoms with E-state index >= 15 is 0 Å². The molecule has 0 heterocycles. The molecule has 0 aromatic heterocycles. The van der Waals surface area contributed by atoms with Crippen molar-refractivity contribution < 1.29 is 21.6 Å². The molecule has 0 aliphatic heterocycles. The van der Waals surface area contributed by atoms with Gasteiger partial charge in [0, 0.05) is 13.1 Å². The standard InChI is InChI=1S/C12H17F3N2O2S/c1-2-10-4-3-9(8-16)7-11(10)20(18,19)17-6-5-12(13,14)15/h3-4,7,17H,2,5-6,8,16H2,1H3. The summed E-state index contributed by atoms with van der Waals surface area (Å²) in [5.74, 6) is 0. The highest BCUT2D eigenvalue weighted by atomic mass is 32.2. The quantitative estimate of drug-likeness (QED) is 0.843. The number of sulfonamides is 1. The van der Waals surface area contributed by atoms with Crippen molar-refractivity contribution in [3.8, 4) is 0 Å². The molecular weight excluding hydrogens is 293 g/mol. The van der Waals surface area contributed by atoms with Crippen molar-refractivity contribution in [2.75, 3.05) is 6.54 Å². The predicted octanol–water partition coefficient (Wildman–Crippen LogP) is 1.94. The van der Waals surface area contributed by atoms with E-state index in [-0.39, 0.29) is 11.4 Å². The lowest BCUT2D eigenvalue weighted by Gasteiger charge is -2.12. The van der Waals surface area contributed by atoms with Gasteiger partial charge in [0.05, 0.1) is 11.3 Å². The second-order valence-electron chi connectivity index (χ2n) is 4.26. The number of nitrogens with two attached hydrogens (primary N) is 1. The number of aryl methyl sites for hydroxylation is 1. The van der Waals surface area contributed by atoms with Crippen LogP contribution in [0, 0.1) is 0 Å². The van der Waals surface area contributed by atoms with E-state index in [2.05, 4.69) is 0 Å². The first-order valence-corrected chi connectivity index (χ1v) is 7.56. The Morgan fingerprint density at radius 1 is 1.30 bits per heavy atom. The number of hydrogen-bond donors (Lipinski definition) is 2. The first-order chi connectivity index (χ1) is 9.19. The van der Waals surface area contributed by atoms with Crippen LogP contribution in [0.4, 0.5) is 13.2 Å². The summed E-state index contributed by atoms with van der Waals surface area (Å²) in [6, 6.07) is 4.73. The Morgan fingerprint density at radius 3 is 2.45 bits per heavy atom. The molecule has 20 heavy (non-hydrogen) atoms. The first kappa shape index (κ1) is 16.9. The zero-order valence-electron chi connectivity index (χ0n) is 11.0. The van der Waals surface area contributed by atoms with Crippen molar-refractivity contribution in [1.29, 1.82) is 0 Å². The van der Waals surface area contributed by atoms with Crippen LogP contribution in [0.2, 0.25) is 0 Å². The van der Waals surface area contributed by atoms with E-state index in [0.29, 0.717) is 17.5 Å². The molecule has 0 aliphatic rings.